The van der Waals surface area contributed by atoms with Crippen LogP contribution >= 0.6 is 0 Å². The molecule has 0 fully saturated rings. The number of carbonyl (C=O) groups excluding carboxylic acids is 2. The van der Waals surface area contributed by atoms with Gasteiger partial charge in [0.05, 0.1) is 44.1 Å². The number of nitrogens with two attached hydrogens (primary N) is 1. The Morgan fingerprint density at radius 3 is 1.97 bits per heavy atom. The molecule has 0 radical (unpaired) electrons. The number of allylic oxidation sites excluding steroid dienone is 1. The monoisotopic (exact) mass is 878 g/mol. The Morgan fingerprint density at radius 2 is 1.38 bits per heavy atom. The van der Waals surface area contributed by atoms with Crippen molar-refractivity contribution < 1.29 is 139 Å². The maximum atomic E-state index is 13.8. The van der Waals surface area contributed by atoms with Gasteiger partial charge in [-0.3, -0.25) is 24.9 Å². The number of aromatic carboxylic acids is 1. The molecule has 0 aliphatic heterocycles. The number of carboxylic acids is 1. The van der Waals surface area contributed by atoms with Crippen LogP contribution in [0, 0.1) is 10.1 Å². The summed E-state index contributed by atoms with van der Waals surface area (Å²) >= 11 is 0. The van der Waals surface area contributed by atoms with E-state index in [0.29, 0.717) is 29.0 Å². The number of azo groups is 2. The van der Waals surface area contributed by atoms with Gasteiger partial charge < -0.3 is 25.3 Å². The van der Waals surface area contributed by atoms with Gasteiger partial charge in [0, 0.05) is 6.07 Å². The molecule has 1 aliphatic carbocycles. The molecule has 0 saturated heterocycles. The molecular weight excluding hydrogens is 858 g/mol. The van der Waals surface area contributed by atoms with E-state index in [-0.39, 0.29) is 106 Å². The number of nitrogens with one attached hydrogen (secondary N) is 1. The summed E-state index contributed by atoms with van der Waals surface area (Å²) in [6, 6.07) is 21.9. The molecule has 25 heteroatoms. The molecule has 0 bridgehead atoms. The van der Waals surface area contributed by atoms with E-state index in [0.717, 1.165) is 18.2 Å². The number of hydrogen-bond donors (Lipinski definition) is 3. The van der Waals surface area contributed by atoms with Crippen LogP contribution in [0.15, 0.2) is 132 Å². The van der Waals surface area contributed by atoms with Crippen molar-refractivity contribution in [2.75, 3.05) is 11.2 Å². The van der Waals surface area contributed by atoms with Gasteiger partial charge in [-0.1, -0.05) is 48.2 Å². The number of Topliss-reactive ketones (excluding diaryl/α,β-unsaturated/α-hetero) is 1. The van der Waals surface area contributed by atoms with Gasteiger partial charge in [-0.15, -0.1) is 10.2 Å². The van der Waals surface area contributed by atoms with E-state index >= 15 is 0 Å². The van der Waals surface area contributed by atoms with Gasteiger partial charge in [0.2, 0.25) is 5.78 Å². The molecule has 0 unspecified atom stereocenters. The fourth-order valence-corrected chi connectivity index (χ4v) is 6.65. The number of para-hydroxylation sites is 1. The third-order valence-electron chi connectivity index (χ3n) is 8.03. The first-order valence-corrected chi connectivity index (χ1v) is 18.6. The minimum atomic E-state index is -5.45. The predicted molar refractivity (Wildman–Crippen MR) is 197 cm³/mol. The first-order valence-electron chi connectivity index (χ1n) is 15.7. The molecule has 4 N–H and O–H groups in total. The van der Waals surface area contributed by atoms with E-state index in [2.05, 4.69) is 31.0 Å². The molecular formula is C35H21N8Na3O12S2. The summed E-state index contributed by atoms with van der Waals surface area (Å²) in [5.74, 6) is -3.62. The summed E-state index contributed by atoms with van der Waals surface area (Å²) in [4.78, 5) is 33.3. The van der Waals surface area contributed by atoms with Crippen molar-refractivity contribution in [3.05, 3.63) is 129 Å². The number of anilines is 2. The number of carboxylic acid groups (broad SMARTS) is 1. The van der Waals surface area contributed by atoms with Crippen LogP contribution in [0.4, 0.5) is 39.8 Å². The number of nitrogens with zero attached hydrogens (tertiary/aromatic N) is 6. The van der Waals surface area contributed by atoms with Gasteiger partial charge in [0.25, 0.3) is 15.8 Å². The van der Waals surface area contributed by atoms with E-state index in [1.807, 2.05) is 0 Å². The minimum Gasteiger partial charge on any atom is -0.872 e. The fourth-order valence-electron chi connectivity index (χ4n) is 5.33. The first kappa shape index (κ1) is 49.8. The van der Waals surface area contributed by atoms with Crippen molar-refractivity contribution in [1.82, 2.24) is 0 Å². The molecule has 0 spiro atoms. The summed E-state index contributed by atoms with van der Waals surface area (Å²) < 4.78 is 71.6. The molecule has 0 atom stereocenters. The molecule has 5 aromatic rings. The van der Waals surface area contributed by atoms with Crippen molar-refractivity contribution in [2.24, 2.45) is 25.6 Å². The van der Waals surface area contributed by atoms with Crippen molar-refractivity contribution in [1.29, 1.82) is 0 Å². The van der Waals surface area contributed by atoms with Crippen LogP contribution in [-0.4, -0.2) is 48.3 Å². The number of hydrogen-bond acceptors (Lipinski definition) is 18. The molecule has 0 amide bonds. The molecule has 0 aromatic heterocycles. The topological polar surface area (TPSA) is 335 Å². The summed E-state index contributed by atoms with van der Waals surface area (Å²) in [6.45, 7) is 0. The molecule has 0 saturated carbocycles. The summed E-state index contributed by atoms with van der Waals surface area (Å²) in [7, 11) is -10.7. The third-order valence-corrected chi connectivity index (χ3v) is 9.74. The number of hydrazone groups is 1. The number of fused-ring (bicyclic) bond motifs is 1. The second-order valence-electron chi connectivity index (χ2n) is 11.7. The van der Waals surface area contributed by atoms with E-state index < -0.39 is 91.9 Å². The Kier molecular flexibility index (Phi) is 16.9. The summed E-state index contributed by atoms with van der Waals surface area (Å²) in [6.07, 6.45) is 0.646. The molecule has 6 rings (SSSR count). The Balaban J connectivity index is 0.00000320. The van der Waals surface area contributed by atoms with Crippen molar-refractivity contribution >= 4 is 83.6 Å². The molecule has 20 nitrogen and oxygen atoms in total. The second kappa shape index (κ2) is 20.4. The Hall–Kier alpha value is -4.53. The van der Waals surface area contributed by atoms with Gasteiger partial charge in [0.15, 0.2) is 5.69 Å². The fraction of sp³-hybridized carbons (Fsp3) is 0. The Bertz CT molecular complexity index is 2880. The Labute approximate surface area is 405 Å². The van der Waals surface area contributed by atoms with Crippen molar-refractivity contribution in [2.45, 2.75) is 4.90 Å². The summed E-state index contributed by atoms with van der Waals surface area (Å²) in [5.41, 5.74) is 5.82. The largest absolute Gasteiger partial charge is 1.00 e. The van der Waals surface area contributed by atoms with E-state index in [9.17, 15) is 55.9 Å². The smallest absolute Gasteiger partial charge is 0.872 e. The second-order valence-corrected chi connectivity index (χ2v) is 14.4. The standard InChI is InChI=1S/C35H24N8O12S2.3Na/c36-31-30-20(15-28(56(50,51)52)32(31)41-40-25-3-1-2-4-26(25)43(48)49)16-29(57(53,54)55)33(34(30)45)42-38-22-11-7-19(8-12-22)18-5-9-21(10-6-18)37-39-23-13-14-27(44)24(17-23)35(46)47;;;/h1-17,38,44H,36H2,(H,46,47)(H,50,51,52)(H,53,54,55);;;/q;3*+1/p-3. The maximum absolute atomic E-state index is 13.8. The number of nitro groups is 1. The average molecular weight is 879 g/mol. The molecule has 0 heterocycles. The average Bonchev–Trinajstić information content (AvgIpc) is 3.16. The van der Waals surface area contributed by atoms with Gasteiger partial charge >= 0.3 is 88.7 Å². The SMILES string of the molecule is Nc1c(N=Nc2ccccc2[N+](=O)[O-])c(S(=O)(=O)O)cc2c1C(=O)C(=NNc1ccc(-c3ccc(N=Nc4ccc([O-])c(C(=O)[O-])c4)cc3)cc1)C(S(=O)(=O)[O-])=C2.[Na+].[Na+].[Na+]. The minimum absolute atomic E-state index is 0. The van der Waals surface area contributed by atoms with Crippen LogP contribution in [0.2, 0.25) is 0 Å². The van der Waals surface area contributed by atoms with Gasteiger partial charge in [0.1, 0.15) is 26.4 Å². The third kappa shape index (κ3) is 11.2. The molecule has 288 valence electrons. The molecule has 60 heavy (non-hydrogen) atoms. The number of benzene rings is 5. The normalized spacial score (nSPS) is 13.1. The molecule has 1 aliphatic rings. The van der Waals surface area contributed by atoms with E-state index in [4.69, 9.17) is 5.73 Å². The van der Waals surface area contributed by atoms with Crippen LogP contribution in [0.1, 0.15) is 26.3 Å². The number of rotatable bonds is 11. The first-order chi connectivity index (χ1) is 26.9. The number of ketones is 1. The van der Waals surface area contributed by atoms with Gasteiger partial charge in [-0.05, 0) is 76.9 Å². The Morgan fingerprint density at radius 1 is 0.800 bits per heavy atom. The predicted octanol–water partition coefficient (Wildman–Crippen LogP) is -4.08. The quantitative estimate of drug-likeness (QED) is 0.0284. The van der Waals surface area contributed by atoms with E-state index in [1.54, 1.807) is 36.4 Å². The molecule has 5 aromatic carbocycles. The van der Waals surface area contributed by atoms with Crippen LogP contribution < -0.4 is 110 Å². The zero-order valence-electron chi connectivity index (χ0n) is 31.3. The van der Waals surface area contributed by atoms with Crippen molar-refractivity contribution in [3.63, 3.8) is 0 Å². The van der Waals surface area contributed by atoms with Crippen molar-refractivity contribution in [3.8, 4) is 16.9 Å². The van der Waals surface area contributed by atoms with Crippen LogP contribution in [0.25, 0.3) is 17.2 Å². The maximum Gasteiger partial charge on any atom is 1.00 e. The van der Waals surface area contributed by atoms with Gasteiger partial charge in [-0.2, -0.15) is 23.7 Å². The van der Waals surface area contributed by atoms with Crippen LogP contribution in [-0.2, 0) is 20.2 Å². The number of carbonyl (C=O) groups is 2. The van der Waals surface area contributed by atoms with Crippen LogP contribution in [0.3, 0.4) is 0 Å². The van der Waals surface area contributed by atoms with Crippen LogP contribution in [0.5, 0.6) is 5.75 Å². The van der Waals surface area contributed by atoms with Gasteiger partial charge in [-0.25, -0.2) is 8.42 Å². The number of nitrogen functional groups attached to an aromatic ring is 1. The zero-order chi connectivity index (χ0) is 41.2. The summed E-state index contributed by atoms with van der Waals surface area (Å²) in [5, 5.41) is 53.4. The zero-order valence-corrected chi connectivity index (χ0v) is 39.0. The number of nitro benzene ring substituents is 1. The van der Waals surface area contributed by atoms with E-state index in [1.165, 1.54) is 36.4 Å².